The van der Waals surface area contributed by atoms with Gasteiger partial charge in [0.1, 0.15) is 0 Å². The molecule has 88 valence electrons. The second-order valence-corrected chi connectivity index (χ2v) is 4.90. The molecule has 0 aliphatic carbocycles. The molecule has 0 amide bonds. The fraction of sp³-hybridized carbons (Fsp3) is 0.231. The van der Waals surface area contributed by atoms with Crippen LogP contribution in [0.3, 0.4) is 0 Å². The van der Waals surface area contributed by atoms with Gasteiger partial charge >= 0.3 is 0 Å². The quantitative estimate of drug-likeness (QED) is 0.773. The van der Waals surface area contributed by atoms with E-state index in [1.165, 1.54) is 11.8 Å². The third-order valence-electron chi connectivity index (χ3n) is 2.47. The summed E-state index contributed by atoms with van der Waals surface area (Å²) in [5, 5.41) is 12.1. The maximum absolute atomic E-state index is 10.8. The molecule has 0 saturated heterocycles. The fourth-order valence-electron chi connectivity index (χ4n) is 1.56. The summed E-state index contributed by atoms with van der Waals surface area (Å²) in [4.78, 5) is 15.3. The summed E-state index contributed by atoms with van der Waals surface area (Å²) in [5.41, 5.74) is 0.880. The van der Waals surface area contributed by atoms with Gasteiger partial charge in [-0.05, 0) is 18.6 Å². The molecule has 2 rings (SSSR count). The summed E-state index contributed by atoms with van der Waals surface area (Å²) in [6.07, 6.45) is 0.529. The maximum Gasteiger partial charge on any atom is 0.0973 e. The van der Waals surface area contributed by atoms with Gasteiger partial charge in [-0.1, -0.05) is 43.0 Å². The van der Waals surface area contributed by atoms with Gasteiger partial charge < -0.3 is 9.90 Å². The highest BCUT2D eigenvalue weighted by Crippen LogP contribution is 2.25. The smallest absolute Gasteiger partial charge is 0.0973 e. The van der Waals surface area contributed by atoms with Gasteiger partial charge in [0.05, 0.1) is 21.8 Å². The van der Waals surface area contributed by atoms with Crippen molar-refractivity contribution in [1.29, 1.82) is 0 Å². The topological polar surface area (TPSA) is 53.0 Å². The molecule has 0 aliphatic heterocycles. The zero-order valence-corrected chi connectivity index (χ0v) is 10.2. The molecule has 0 bridgehead atoms. The number of aliphatic carboxylic acids is 1. The summed E-state index contributed by atoms with van der Waals surface area (Å²) >= 11 is 1.24. The van der Waals surface area contributed by atoms with Crippen LogP contribution in [-0.2, 0) is 4.79 Å². The van der Waals surface area contributed by atoms with Crippen LogP contribution in [-0.4, -0.2) is 16.2 Å². The van der Waals surface area contributed by atoms with E-state index in [1.807, 2.05) is 43.3 Å². The van der Waals surface area contributed by atoms with E-state index in [0.717, 1.165) is 15.9 Å². The second-order valence-electron chi connectivity index (χ2n) is 3.68. The van der Waals surface area contributed by atoms with Crippen LogP contribution in [0.25, 0.3) is 10.9 Å². The molecule has 0 radical (unpaired) electrons. The van der Waals surface area contributed by atoms with E-state index in [9.17, 15) is 9.90 Å². The second kappa shape index (κ2) is 5.19. The number of benzene rings is 1. The number of rotatable bonds is 4. The van der Waals surface area contributed by atoms with Crippen molar-refractivity contribution in [2.75, 3.05) is 0 Å². The van der Waals surface area contributed by atoms with E-state index in [2.05, 4.69) is 4.98 Å². The van der Waals surface area contributed by atoms with Crippen molar-refractivity contribution in [3.8, 4) is 0 Å². The minimum Gasteiger partial charge on any atom is -0.549 e. The van der Waals surface area contributed by atoms with Crippen LogP contribution >= 0.6 is 11.8 Å². The summed E-state index contributed by atoms with van der Waals surface area (Å²) in [6.45, 7) is 1.83. The highest BCUT2D eigenvalue weighted by molar-refractivity contribution is 8.00. The van der Waals surface area contributed by atoms with Crippen molar-refractivity contribution in [3.63, 3.8) is 0 Å². The van der Waals surface area contributed by atoms with Gasteiger partial charge in [0.2, 0.25) is 0 Å². The summed E-state index contributed by atoms with van der Waals surface area (Å²) in [7, 11) is 0. The van der Waals surface area contributed by atoms with Crippen molar-refractivity contribution in [1.82, 2.24) is 4.98 Å². The molecule has 3 nitrogen and oxygen atoms in total. The molecule has 1 heterocycles. The molecule has 0 N–H and O–H groups in total. The lowest BCUT2D eigenvalue weighted by atomic mass is 10.2. The van der Waals surface area contributed by atoms with E-state index in [4.69, 9.17) is 0 Å². The summed E-state index contributed by atoms with van der Waals surface area (Å²) < 4.78 is 0. The van der Waals surface area contributed by atoms with Crippen LogP contribution in [0, 0.1) is 0 Å². The van der Waals surface area contributed by atoms with Crippen molar-refractivity contribution >= 4 is 28.6 Å². The molecule has 2 aromatic rings. The SMILES string of the molecule is CC[C@@H](Sc1ccc2ccccc2n1)C(=O)[O-]. The van der Waals surface area contributed by atoms with Crippen LogP contribution in [0.1, 0.15) is 13.3 Å². The van der Waals surface area contributed by atoms with E-state index in [0.29, 0.717) is 6.42 Å². The molecule has 0 saturated carbocycles. The lowest BCUT2D eigenvalue weighted by molar-refractivity contribution is -0.304. The molecule has 17 heavy (non-hydrogen) atoms. The van der Waals surface area contributed by atoms with E-state index >= 15 is 0 Å². The first kappa shape index (κ1) is 11.9. The van der Waals surface area contributed by atoms with Crippen LogP contribution in [0.2, 0.25) is 0 Å². The Morgan fingerprint density at radius 3 is 2.82 bits per heavy atom. The first-order valence-electron chi connectivity index (χ1n) is 5.44. The van der Waals surface area contributed by atoms with Crippen molar-refractivity contribution < 1.29 is 9.90 Å². The van der Waals surface area contributed by atoms with Crippen LogP contribution in [0.5, 0.6) is 0 Å². The number of carboxylic acid groups (broad SMARTS) is 1. The zero-order valence-electron chi connectivity index (χ0n) is 9.42. The predicted molar refractivity (Wildman–Crippen MR) is 66.7 cm³/mol. The number of nitrogens with zero attached hydrogens (tertiary/aromatic N) is 1. The number of pyridine rings is 1. The Bertz CT molecular complexity index is 542. The van der Waals surface area contributed by atoms with Crippen molar-refractivity contribution in [3.05, 3.63) is 36.4 Å². The Kier molecular flexibility index (Phi) is 3.64. The minimum absolute atomic E-state index is 0.529. The van der Waals surface area contributed by atoms with E-state index < -0.39 is 11.2 Å². The first-order valence-corrected chi connectivity index (χ1v) is 6.32. The van der Waals surface area contributed by atoms with Gasteiger partial charge in [0.15, 0.2) is 0 Å². The number of aromatic nitrogens is 1. The average Bonchev–Trinajstić information content (AvgIpc) is 2.35. The Balaban J connectivity index is 2.27. The third-order valence-corrected chi connectivity index (χ3v) is 3.75. The molecular formula is C13H12NO2S-. The predicted octanol–water partition coefficient (Wildman–Crippen LogP) is 1.86. The third kappa shape index (κ3) is 2.77. The largest absolute Gasteiger partial charge is 0.549 e. The summed E-state index contributed by atoms with van der Waals surface area (Å²) in [6, 6.07) is 11.6. The van der Waals surface area contributed by atoms with Gasteiger partial charge in [0, 0.05) is 5.39 Å². The number of fused-ring (bicyclic) bond motifs is 1. The first-order chi connectivity index (χ1) is 8.20. The van der Waals surface area contributed by atoms with E-state index in [-0.39, 0.29) is 0 Å². The molecule has 0 unspecified atom stereocenters. The van der Waals surface area contributed by atoms with Crippen molar-refractivity contribution in [2.45, 2.75) is 23.6 Å². The van der Waals surface area contributed by atoms with E-state index in [1.54, 1.807) is 0 Å². The lowest BCUT2D eigenvalue weighted by Gasteiger charge is -2.14. The Labute approximate surface area is 104 Å². The minimum atomic E-state index is -1.03. The number of hydrogen-bond acceptors (Lipinski definition) is 4. The normalized spacial score (nSPS) is 12.5. The van der Waals surface area contributed by atoms with Crippen LogP contribution in [0.15, 0.2) is 41.4 Å². The van der Waals surface area contributed by atoms with Gasteiger partial charge in [-0.25, -0.2) is 4.98 Å². The van der Waals surface area contributed by atoms with Gasteiger partial charge in [-0.3, -0.25) is 0 Å². The number of para-hydroxylation sites is 1. The molecule has 4 heteroatoms. The maximum atomic E-state index is 10.8. The molecule has 1 aromatic heterocycles. The van der Waals surface area contributed by atoms with Gasteiger partial charge in [-0.15, -0.1) is 0 Å². The fourth-order valence-corrected chi connectivity index (χ4v) is 2.41. The van der Waals surface area contributed by atoms with Crippen molar-refractivity contribution in [2.24, 2.45) is 0 Å². The number of hydrogen-bond donors (Lipinski definition) is 0. The highest BCUT2D eigenvalue weighted by Gasteiger charge is 2.10. The lowest BCUT2D eigenvalue weighted by Crippen LogP contribution is -2.33. The Hall–Kier alpha value is -1.55. The molecule has 1 atom stereocenters. The number of carbonyl (C=O) groups excluding carboxylic acids is 1. The molecule has 0 fully saturated rings. The highest BCUT2D eigenvalue weighted by atomic mass is 32.2. The average molecular weight is 246 g/mol. The molecule has 1 aromatic carbocycles. The number of thioether (sulfide) groups is 1. The Morgan fingerprint density at radius 2 is 2.12 bits per heavy atom. The number of carbonyl (C=O) groups is 1. The molecule has 0 spiro atoms. The van der Waals surface area contributed by atoms with Crippen LogP contribution < -0.4 is 5.11 Å². The molecule has 0 aliphatic rings. The zero-order chi connectivity index (χ0) is 12.3. The van der Waals surface area contributed by atoms with Gasteiger partial charge in [0.25, 0.3) is 0 Å². The van der Waals surface area contributed by atoms with Gasteiger partial charge in [-0.2, -0.15) is 0 Å². The summed E-state index contributed by atoms with van der Waals surface area (Å²) in [5.74, 6) is -1.03. The monoisotopic (exact) mass is 246 g/mol. The standard InChI is InChI=1S/C13H13NO2S/c1-2-11(13(15)16)17-12-8-7-9-5-3-4-6-10(9)14-12/h3-8,11H,2H2,1H3,(H,15,16)/p-1/t11-/m1/s1. The molecular weight excluding hydrogens is 234 g/mol. The Morgan fingerprint density at radius 1 is 1.35 bits per heavy atom. The number of carboxylic acids is 1. The van der Waals surface area contributed by atoms with Crippen LogP contribution in [0.4, 0.5) is 0 Å².